The van der Waals surface area contributed by atoms with Gasteiger partial charge in [0.1, 0.15) is 5.01 Å². The van der Waals surface area contributed by atoms with Crippen LogP contribution in [0, 0.1) is 6.92 Å². The molecule has 0 saturated carbocycles. The van der Waals surface area contributed by atoms with Gasteiger partial charge in [-0.3, -0.25) is 9.59 Å². The van der Waals surface area contributed by atoms with Crippen LogP contribution in [0.1, 0.15) is 38.2 Å². The van der Waals surface area contributed by atoms with Gasteiger partial charge in [0.2, 0.25) is 11.8 Å². The standard InChI is InChI=1S/C22H25N3O2S/c1-15-7-12-19-20(14-15)28-22(25-19)17-8-10-18(11-9-17)24-21(27)6-4-3-5-13-23-16(2)26/h7-12,14H,3-6,13H2,1-2H3,(H,23,26)(H,24,27). The zero-order chi connectivity index (χ0) is 19.9. The van der Waals surface area contributed by atoms with E-state index in [9.17, 15) is 9.59 Å². The fourth-order valence-electron chi connectivity index (χ4n) is 2.93. The maximum Gasteiger partial charge on any atom is 0.224 e. The zero-order valence-electron chi connectivity index (χ0n) is 16.2. The van der Waals surface area contributed by atoms with Crippen LogP contribution in [0.25, 0.3) is 20.8 Å². The number of carbonyl (C=O) groups excluding carboxylic acids is 2. The van der Waals surface area contributed by atoms with Crippen LogP contribution in [-0.4, -0.2) is 23.3 Å². The Bertz CT molecular complexity index is 964. The number of fused-ring (bicyclic) bond motifs is 1. The van der Waals surface area contributed by atoms with E-state index in [4.69, 9.17) is 4.98 Å². The Hall–Kier alpha value is -2.73. The molecule has 2 aromatic carbocycles. The molecule has 3 aromatic rings. The van der Waals surface area contributed by atoms with Crippen molar-refractivity contribution >= 4 is 39.1 Å². The van der Waals surface area contributed by atoms with Gasteiger partial charge in [0.15, 0.2) is 0 Å². The van der Waals surface area contributed by atoms with Crippen molar-refractivity contribution in [1.29, 1.82) is 0 Å². The van der Waals surface area contributed by atoms with E-state index < -0.39 is 0 Å². The number of rotatable bonds is 8. The third-order valence-electron chi connectivity index (χ3n) is 4.41. The predicted molar refractivity (Wildman–Crippen MR) is 116 cm³/mol. The van der Waals surface area contributed by atoms with Gasteiger partial charge in [-0.05, 0) is 61.7 Å². The minimum Gasteiger partial charge on any atom is -0.356 e. The number of carbonyl (C=O) groups is 2. The van der Waals surface area contributed by atoms with E-state index in [0.717, 1.165) is 41.0 Å². The number of thiazole rings is 1. The first-order valence-electron chi connectivity index (χ1n) is 9.53. The molecule has 0 radical (unpaired) electrons. The third-order valence-corrected chi connectivity index (χ3v) is 5.48. The second kappa shape index (κ2) is 9.46. The maximum absolute atomic E-state index is 12.1. The lowest BCUT2D eigenvalue weighted by Gasteiger charge is -2.06. The van der Waals surface area contributed by atoms with Gasteiger partial charge in [-0.25, -0.2) is 4.98 Å². The lowest BCUT2D eigenvalue weighted by atomic mass is 10.1. The van der Waals surface area contributed by atoms with Crippen molar-refractivity contribution in [2.45, 2.75) is 39.5 Å². The number of aromatic nitrogens is 1. The van der Waals surface area contributed by atoms with Crippen LogP contribution in [-0.2, 0) is 9.59 Å². The number of anilines is 1. The summed E-state index contributed by atoms with van der Waals surface area (Å²) in [5.74, 6) is 0.00453. The van der Waals surface area contributed by atoms with Crippen LogP contribution in [0.4, 0.5) is 5.69 Å². The molecule has 0 atom stereocenters. The number of nitrogens with one attached hydrogen (secondary N) is 2. The van der Waals surface area contributed by atoms with Crippen molar-refractivity contribution in [2.75, 3.05) is 11.9 Å². The molecular weight excluding hydrogens is 370 g/mol. The molecule has 1 heterocycles. The Morgan fingerprint density at radius 1 is 1.04 bits per heavy atom. The summed E-state index contributed by atoms with van der Waals surface area (Å²) in [5.41, 5.74) is 4.09. The Labute approximate surface area is 169 Å². The molecule has 0 spiro atoms. The van der Waals surface area contributed by atoms with E-state index in [1.54, 1.807) is 11.3 Å². The Morgan fingerprint density at radius 2 is 1.82 bits per heavy atom. The van der Waals surface area contributed by atoms with E-state index in [-0.39, 0.29) is 11.8 Å². The van der Waals surface area contributed by atoms with E-state index >= 15 is 0 Å². The molecular formula is C22H25N3O2S. The van der Waals surface area contributed by atoms with Gasteiger partial charge >= 0.3 is 0 Å². The lowest BCUT2D eigenvalue weighted by Crippen LogP contribution is -2.20. The summed E-state index contributed by atoms with van der Waals surface area (Å²) in [7, 11) is 0. The van der Waals surface area contributed by atoms with Crippen molar-refractivity contribution in [1.82, 2.24) is 10.3 Å². The molecule has 0 aliphatic rings. The summed E-state index contributed by atoms with van der Waals surface area (Å²) < 4.78 is 1.19. The molecule has 1 aromatic heterocycles. The van der Waals surface area contributed by atoms with E-state index in [0.29, 0.717) is 13.0 Å². The van der Waals surface area contributed by atoms with Gasteiger partial charge in [0, 0.05) is 31.1 Å². The SMILES string of the molecule is CC(=O)NCCCCCC(=O)Nc1ccc(-c2nc3ccc(C)cc3s2)cc1. The number of nitrogens with zero attached hydrogens (tertiary/aromatic N) is 1. The molecule has 0 aliphatic heterocycles. The van der Waals surface area contributed by atoms with Crippen molar-refractivity contribution < 1.29 is 9.59 Å². The molecule has 0 unspecified atom stereocenters. The van der Waals surface area contributed by atoms with Gasteiger partial charge in [0.05, 0.1) is 10.2 Å². The first-order valence-corrected chi connectivity index (χ1v) is 10.3. The molecule has 28 heavy (non-hydrogen) atoms. The number of aryl methyl sites for hydroxylation is 1. The summed E-state index contributed by atoms with van der Waals surface area (Å²) in [6.45, 7) is 4.26. The van der Waals surface area contributed by atoms with Gasteiger partial charge in [0.25, 0.3) is 0 Å². The third kappa shape index (κ3) is 5.63. The quantitative estimate of drug-likeness (QED) is 0.533. The maximum atomic E-state index is 12.1. The average Bonchev–Trinajstić information content (AvgIpc) is 3.08. The van der Waals surface area contributed by atoms with Crippen molar-refractivity contribution in [3.05, 3.63) is 48.0 Å². The average molecular weight is 396 g/mol. The van der Waals surface area contributed by atoms with E-state index in [2.05, 4.69) is 35.8 Å². The summed E-state index contributed by atoms with van der Waals surface area (Å²) >= 11 is 1.68. The highest BCUT2D eigenvalue weighted by atomic mass is 32.1. The minimum atomic E-state index is -0.0119. The second-order valence-electron chi connectivity index (χ2n) is 6.91. The smallest absolute Gasteiger partial charge is 0.224 e. The number of unbranched alkanes of at least 4 members (excludes halogenated alkanes) is 2. The first-order chi connectivity index (χ1) is 13.5. The summed E-state index contributed by atoms with van der Waals surface area (Å²) in [5, 5.41) is 6.68. The summed E-state index contributed by atoms with van der Waals surface area (Å²) in [6.07, 6.45) is 3.11. The topological polar surface area (TPSA) is 71.1 Å². The van der Waals surface area contributed by atoms with Crippen molar-refractivity contribution in [3.63, 3.8) is 0 Å². The van der Waals surface area contributed by atoms with Gasteiger partial charge in [-0.2, -0.15) is 0 Å². The van der Waals surface area contributed by atoms with Crippen LogP contribution in [0.2, 0.25) is 0 Å². The Morgan fingerprint density at radius 3 is 2.57 bits per heavy atom. The van der Waals surface area contributed by atoms with Crippen LogP contribution < -0.4 is 10.6 Å². The molecule has 3 rings (SSSR count). The normalized spacial score (nSPS) is 10.8. The molecule has 146 valence electrons. The van der Waals surface area contributed by atoms with Crippen LogP contribution in [0.15, 0.2) is 42.5 Å². The molecule has 6 heteroatoms. The molecule has 2 N–H and O–H groups in total. The molecule has 0 bridgehead atoms. The van der Waals surface area contributed by atoms with E-state index in [1.165, 1.54) is 17.2 Å². The van der Waals surface area contributed by atoms with E-state index in [1.807, 2.05) is 24.3 Å². The van der Waals surface area contributed by atoms with Crippen LogP contribution in [0.5, 0.6) is 0 Å². The highest BCUT2D eigenvalue weighted by Crippen LogP contribution is 2.31. The highest BCUT2D eigenvalue weighted by Gasteiger charge is 2.07. The zero-order valence-corrected chi connectivity index (χ0v) is 17.1. The summed E-state index contributed by atoms with van der Waals surface area (Å²) in [6, 6.07) is 14.1. The fraction of sp³-hybridized carbons (Fsp3) is 0.318. The fourth-order valence-corrected chi connectivity index (χ4v) is 4.00. The Kier molecular flexibility index (Phi) is 6.76. The minimum absolute atomic E-state index is 0.0119. The van der Waals surface area contributed by atoms with Gasteiger partial charge in [-0.15, -0.1) is 11.3 Å². The van der Waals surface area contributed by atoms with Gasteiger partial charge in [-0.1, -0.05) is 12.5 Å². The number of hydrogen-bond donors (Lipinski definition) is 2. The monoisotopic (exact) mass is 395 g/mol. The highest BCUT2D eigenvalue weighted by molar-refractivity contribution is 7.21. The molecule has 0 fully saturated rings. The summed E-state index contributed by atoms with van der Waals surface area (Å²) in [4.78, 5) is 27.5. The van der Waals surface area contributed by atoms with Crippen LogP contribution >= 0.6 is 11.3 Å². The molecule has 2 amide bonds. The van der Waals surface area contributed by atoms with Gasteiger partial charge < -0.3 is 10.6 Å². The first kappa shape index (κ1) is 20.0. The van der Waals surface area contributed by atoms with Crippen LogP contribution in [0.3, 0.4) is 0 Å². The number of benzene rings is 2. The predicted octanol–water partition coefficient (Wildman–Crippen LogP) is 4.91. The number of amides is 2. The lowest BCUT2D eigenvalue weighted by molar-refractivity contribution is -0.119. The largest absolute Gasteiger partial charge is 0.356 e. The van der Waals surface area contributed by atoms with Crippen molar-refractivity contribution in [3.8, 4) is 10.6 Å². The molecule has 0 saturated heterocycles. The Balaban J connectivity index is 1.49. The molecule has 0 aliphatic carbocycles. The number of hydrogen-bond acceptors (Lipinski definition) is 4. The van der Waals surface area contributed by atoms with Crippen molar-refractivity contribution in [2.24, 2.45) is 0 Å². The molecule has 5 nitrogen and oxygen atoms in total. The second-order valence-corrected chi connectivity index (χ2v) is 7.94.